The van der Waals surface area contributed by atoms with E-state index in [0.717, 1.165) is 22.3 Å². The van der Waals surface area contributed by atoms with Crippen molar-refractivity contribution in [3.8, 4) is 6.07 Å². The van der Waals surface area contributed by atoms with Gasteiger partial charge in [0.1, 0.15) is 0 Å². The van der Waals surface area contributed by atoms with Gasteiger partial charge in [-0.1, -0.05) is 24.3 Å². The molecule has 0 radical (unpaired) electrons. The number of hydrogen-bond donors (Lipinski definition) is 2. The topological polar surface area (TPSA) is 61.8 Å². The maximum Gasteiger partial charge on any atom is 0.0992 e. The molecule has 0 bridgehead atoms. The Hall–Kier alpha value is -1.83. The summed E-state index contributed by atoms with van der Waals surface area (Å²) < 4.78 is 0.894. The molecule has 2 aromatic rings. The molecule has 2 aromatic carbocycles. The summed E-state index contributed by atoms with van der Waals surface area (Å²) >= 11 is 3.45. The fourth-order valence-corrected chi connectivity index (χ4v) is 2.24. The van der Waals surface area contributed by atoms with E-state index in [2.05, 4.69) is 39.4 Å². The van der Waals surface area contributed by atoms with Crippen LogP contribution in [0.1, 0.15) is 16.7 Å². The summed E-state index contributed by atoms with van der Waals surface area (Å²) in [6.45, 7) is 1.30. The van der Waals surface area contributed by atoms with E-state index in [9.17, 15) is 0 Å². The van der Waals surface area contributed by atoms with Gasteiger partial charge < -0.3 is 11.1 Å². The van der Waals surface area contributed by atoms with Gasteiger partial charge in [-0.3, -0.25) is 0 Å². The number of halogens is 1. The van der Waals surface area contributed by atoms with Crippen molar-refractivity contribution in [1.82, 2.24) is 0 Å². The Morgan fingerprint density at radius 2 is 1.79 bits per heavy atom. The molecule has 3 nitrogen and oxygen atoms in total. The van der Waals surface area contributed by atoms with Crippen LogP contribution in [-0.2, 0) is 13.1 Å². The lowest BCUT2D eigenvalue weighted by Crippen LogP contribution is -2.01. The van der Waals surface area contributed by atoms with E-state index in [1.54, 1.807) is 12.1 Å². The molecule has 0 aliphatic rings. The second-order valence-electron chi connectivity index (χ2n) is 4.18. The third kappa shape index (κ3) is 3.57. The fraction of sp³-hybridized carbons (Fsp3) is 0.133. The zero-order chi connectivity index (χ0) is 13.7. The molecule has 3 N–H and O–H groups in total. The molecule has 0 heterocycles. The van der Waals surface area contributed by atoms with E-state index in [1.807, 2.05) is 18.2 Å². The van der Waals surface area contributed by atoms with Crippen LogP contribution in [-0.4, -0.2) is 0 Å². The maximum atomic E-state index is 8.81. The van der Waals surface area contributed by atoms with Crippen molar-refractivity contribution < 1.29 is 0 Å². The molecule has 0 fully saturated rings. The van der Waals surface area contributed by atoms with Crippen LogP contribution in [0.2, 0.25) is 0 Å². The summed E-state index contributed by atoms with van der Waals surface area (Å²) in [7, 11) is 0. The minimum Gasteiger partial charge on any atom is -0.380 e. The van der Waals surface area contributed by atoms with Gasteiger partial charge in [0.25, 0.3) is 0 Å². The van der Waals surface area contributed by atoms with Gasteiger partial charge in [0, 0.05) is 23.2 Å². The second kappa shape index (κ2) is 6.37. The zero-order valence-electron chi connectivity index (χ0n) is 10.4. The molecule has 4 heteroatoms. The van der Waals surface area contributed by atoms with Crippen LogP contribution in [0.25, 0.3) is 0 Å². The van der Waals surface area contributed by atoms with Crippen LogP contribution in [0.5, 0.6) is 0 Å². The third-order valence-electron chi connectivity index (χ3n) is 2.84. The van der Waals surface area contributed by atoms with Crippen molar-refractivity contribution in [2.24, 2.45) is 5.73 Å². The summed E-state index contributed by atoms with van der Waals surface area (Å²) in [5.41, 5.74) is 9.50. The predicted octanol–water partition coefficient (Wildman–Crippen LogP) is 3.39. The molecule has 0 saturated heterocycles. The number of rotatable bonds is 4. The predicted molar refractivity (Wildman–Crippen MR) is 80.5 cm³/mol. The largest absolute Gasteiger partial charge is 0.380 e. The normalized spacial score (nSPS) is 9.95. The summed E-state index contributed by atoms with van der Waals surface area (Å²) in [5.74, 6) is 0. The van der Waals surface area contributed by atoms with Gasteiger partial charge >= 0.3 is 0 Å². The van der Waals surface area contributed by atoms with E-state index in [1.165, 1.54) is 5.56 Å². The van der Waals surface area contributed by atoms with Gasteiger partial charge in [0.2, 0.25) is 0 Å². The summed E-state index contributed by atoms with van der Waals surface area (Å²) in [4.78, 5) is 0. The quantitative estimate of drug-likeness (QED) is 0.909. The van der Waals surface area contributed by atoms with Crippen molar-refractivity contribution in [3.05, 3.63) is 63.6 Å². The van der Waals surface area contributed by atoms with Gasteiger partial charge in [0.05, 0.1) is 11.6 Å². The molecule has 0 aliphatic carbocycles. The Morgan fingerprint density at radius 1 is 1.11 bits per heavy atom. The number of nitrogens with one attached hydrogen (secondary N) is 1. The smallest absolute Gasteiger partial charge is 0.0992 e. The second-order valence-corrected chi connectivity index (χ2v) is 5.03. The standard InChI is InChI=1S/C15H14BrN3/c16-14-7-13(9-18)5-6-15(14)19-10-12-3-1-11(8-17)2-4-12/h1-7,19H,8,10,17H2. The Labute approximate surface area is 121 Å². The Balaban J connectivity index is 2.04. The first kappa shape index (κ1) is 13.6. The molecule has 19 heavy (non-hydrogen) atoms. The summed E-state index contributed by atoms with van der Waals surface area (Å²) in [6, 6.07) is 15.8. The SMILES string of the molecule is N#Cc1ccc(NCc2ccc(CN)cc2)c(Br)c1. The lowest BCUT2D eigenvalue weighted by molar-refractivity contribution is 1.06. The Kier molecular flexibility index (Phi) is 4.56. The van der Waals surface area contributed by atoms with Crippen LogP contribution in [0.3, 0.4) is 0 Å². The molecule has 0 atom stereocenters. The molecule has 0 saturated carbocycles. The molecule has 96 valence electrons. The van der Waals surface area contributed by atoms with E-state index >= 15 is 0 Å². The Bertz CT molecular complexity index is 600. The van der Waals surface area contributed by atoms with Crippen molar-refractivity contribution in [2.75, 3.05) is 5.32 Å². The van der Waals surface area contributed by atoms with Gasteiger partial charge in [-0.25, -0.2) is 0 Å². The highest BCUT2D eigenvalue weighted by Gasteiger charge is 2.01. The number of nitrogens with two attached hydrogens (primary N) is 1. The molecular weight excluding hydrogens is 302 g/mol. The number of benzene rings is 2. The van der Waals surface area contributed by atoms with Crippen molar-refractivity contribution in [1.29, 1.82) is 5.26 Å². The van der Waals surface area contributed by atoms with Crippen LogP contribution in [0, 0.1) is 11.3 Å². The molecule has 0 aromatic heterocycles. The average molecular weight is 316 g/mol. The highest BCUT2D eigenvalue weighted by atomic mass is 79.9. The monoisotopic (exact) mass is 315 g/mol. The molecule has 2 rings (SSSR count). The zero-order valence-corrected chi connectivity index (χ0v) is 11.9. The van der Waals surface area contributed by atoms with Crippen LogP contribution < -0.4 is 11.1 Å². The number of hydrogen-bond acceptors (Lipinski definition) is 3. The van der Waals surface area contributed by atoms with Gasteiger partial charge in [-0.2, -0.15) is 5.26 Å². The minimum absolute atomic E-state index is 0.564. The summed E-state index contributed by atoms with van der Waals surface area (Å²) in [5, 5.41) is 12.1. The lowest BCUT2D eigenvalue weighted by Gasteiger charge is -2.09. The van der Waals surface area contributed by atoms with Gasteiger partial charge in [0.15, 0.2) is 0 Å². The van der Waals surface area contributed by atoms with E-state index < -0.39 is 0 Å². The van der Waals surface area contributed by atoms with E-state index in [0.29, 0.717) is 12.1 Å². The van der Waals surface area contributed by atoms with E-state index in [4.69, 9.17) is 11.0 Å². The van der Waals surface area contributed by atoms with Gasteiger partial charge in [-0.05, 0) is 45.3 Å². The van der Waals surface area contributed by atoms with E-state index in [-0.39, 0.29) is 0 Å². The first-order valence-corrected chi connectivity index (χ1v) is 6.73. The average Bonchev–Trinajstić information content (AvgIpc) is 2.46. The molecule has 0 aliphatic heterocycles. The Morgan fingerprint density at radius 3 is 2.37 bits per heavy atom. The number of nitriles is 1. The maximum absolute atomic E-state index is 8.81. The molecule has 0 spiro atoms. The first-order chi connectivity index (χ1) is 9.22. The van der Waals surface area contributed by atoms with Gasteiger partial charge in [-0.15, -0.1) is 0 Å². The van der Waals surface area contributed by atoms with Crippen molar-refractivity contribution in [3.63, 3.8) is 0 Å². The number of nitrogens with zero attached hydrogens (tertiary/aromatic N) is 1. The highest BCUT2D eigenvalue weighted by molar-refractivity contribution is 9.10. The molecule has 0 unspecified atom stereocenters. The number of anilines is 1. The molecular formula is C15H14BrN3. The van der Waals surface area contributed by atoms with Crippen LogP contribution in [0.15, 0.2) is 46.9 Å². The summed E-state index contributed by atoms with van der Waals surface area (Å²) in [6.07, 6.45) is 0. The minimum atomic E-state index is 0.564. The fourth-order valence-electron chi connectivity index (χ4n) is 1.72. The van der Waals surface area contributed by atoms with Crippen LogP contribution in [0.4, 0.5) is 5.69 Å². The van der Waals surface area contributed by atoms with Crippen LogP contribution >= 0.6 is 15.9 Å². The van der Waals surface area contributed by atoms with Crippen molar-refractivity contribution >= 4 is 21.6 Å². The third-order valence-corrected chi connectivity index (χ3v) is 3.50. The highest BCUT2D eigenvalue weighted by Crippen LogP contribution is 2.24. The lowest BCUT2D eigenvalue weighted by atomic mass is 10.1. The van der Waals surface area contributed by atoms with Crippen molar-refractivity contribution in [2.45, 2.75) is 13.1 Å². The molecule has 0 amide bonds. The first-order valence-electron chi connectivity index (χ1n) is 5.94.